The molecular formula is C20H34IN3O2S. The van der Waals surface area contributed by atoms with Crippen molar-refractivity contribution < 1.29 is 9.84 Å². The highest BCUT2D eigenvalue weighted by Gasteiger charge is 2.43. The maximum atomic E-state index is 10.0. The van der Waals surface area contributed by atoms with Gasteiger partial charge >= 0.3 is 0 Å². The Morgan fingerprint density at radius 3 is 2.52 bits per heavy atom. The fourth-order valence-electron chi connectivity index (χ4n) is 2.45. The lowest BCUT2D eigenvalue weighted by Crippen LogP contribution is -2.42. The van der Waals surface area contributed by atoms with Crippen molar-refractivity contribution in [3.63, 3.8) is 0 Å². The number of hydrogen-bond donors (Lipinski definition) is 3. The fraction of sp³-hybridized carbons (Fsp3) is 0.650. The van der Waals surface area contributed by atoms with Crippen molar-refractivity contribution in [2.24, 2.45) is 10.9 Å². The van der Waals surface area contributed by atoms with E-state index in [1.165, 1.54) is 17.7 Å². The molecule has 2 rings (SSSR count). The average molecular weight is 507 g/mol. The first-order chi connectivity index (χ1) is 12.5. The van der Waals surface area contributed by atoms with Crippen LogP contribution < -0.4 is 10.6 Å². The number of aliphatic imine (C=N–C) groups is 1. The van der Waals surface area contributed by atoms with E-state index in [1.807, 2.05) is 24.8 Å². The lowest BCUT2D eigenvalue weighted by atomic mass is 10.2. The summed E-state index contributed by atoms with van der Waals surface area (Å²) < 4.78 is 5.71. The maximum Gasteiger partial charge on any atom is 0.191 e. The summed E-state index contributed by atoms with van der Waals surface area (Å²) in [6, 6.07) is 10.5. The second-order valence-corrected chi connectivity index (χ2v) is 8.80. The first kappa shape index (κ1) is 24.5. The van der Waals surface area contributed by atoms with Crippen molar-refractivity contribution in [2.75, 3.05) is 32.8 Å². The first-order valence-corrected chi connectivity index (χ1v) is 10.4. The number of rotatable bonds is 11. The molecule has 1 aromatic rings. The van der Waals surface area contributed by atoms with Gasteiger partial charge < -0.3 is 20.5 Å². The summed E-state index contributed by atoms with van der Waals surface area (Å²) in [4.78, 5) is 6.05. The van der Waals surface area contributed by atoms with Crippen molar-refractivity contribution in [1.82, 2.24) is 10.6 Å². The molecule has 1 atom stereocenters. The van der Waals surface area contributed by atoms with E-state index in [4.69, 9.17) is 9.73 Å². The number of ether oxygens (including phenoxy) is 1. The second-order valence-electron chi connectivity index (χ2n) is 7.26. The smallest absolute Gasteiger partial charge is 0.191 e. The van der Waals surface area contributed by atoms with Crippen LogP contribution in [0.15, 0.2) is 40.2 Å². The lowest BCUT2D eigenvalue weighted by Gasteiger charge is -2.17. The van der Waals surface area contributed by atoms with Crippen LogP contribution in [0.25, 0.3) is 0 Å². The topological polar surface area (TPSA) is 65.9 Å². The van der Waals surface area contributed by atoms with Crippen LogP contribution in [0, 0.1) is 5.92 Å². The molecule has 1 aliphatic carbocycles. The summed E-state index contributed by atoms with van der Waals surface area (Å²) in [6.45, 7) is 9.27. The molecule has 154 valence electrons. The minimum atomic E-state index is -0.536. The third-order valence-corrected chi connectivity index (χ3v) is 5.50. The van der Waals surface area contributed by atoms with Crippen LogP contribution in [0.3, 0.4) is 0 Å². The van der Waals surface area contributed by atoms with Crippen LogP contribution in [0.4, 0.5) is 0 Å². The number of aliphatic hydroxyl groups excluding tert-OH is 1. The van der Waals surface area contributed by atoms with E-state index in [1.54, 1.807) is 0 Å². The summed E-state index contributed by atoms with van der Waals surface area (Å²) >= 11 is 1.92. The van der Waals surface area contributed by atoms with Gasteiger partial charge in [-0.25, -0.2) is 0 Å². The Hall–Kier alpha value is -0.510. The number of nitrogens with zero attached hydrogens (tertiary/aromatic N) is 1. The third-order valence-electron chi connectivity index (χ3n) is 4.02. The zero-order valence-corrected chi connectivity index (χ0v) is 19.8. The molecular weight excluding hydrogens is 473 g/mol. The van der Waals surface area contributed by atoms with Gasteiger partial charge in [0.1, 0.15) is 0 Å². The minimum absolute atomic E-state index is 0. The monoisotopic (exact) mass is 507 g/mol. The maximum absolute atomic E-state index is 10.0. The molecule has 0 radical (unpaired) electrons. The van der Waals surface area contributed by atoms with E-state index in [-0.39, 0.29) is 28.7 Å². The van der Waals surface area contributed by atoms with E-state index in [9.17, 15) is 5.11 Å². The second kappa shape index (κ2) is 12.9. The highest BCUT2D eigenvalue weighted by molar-refractivity contribution is 14.0. The molecule has 0 amide bonds. The van der Waals surface area contributed by atoms with E-state index in [2.05, 4.69) is 48.7 Å². The predicted octanol–water partition coefficient (Wildman–Crippen LogP) is 3.52. The third kappa shape index (κ3) is 10.0. The molecule has 0 bridgehead atoms. The highest BCUT2D eigenvalue weighted by Crippen LogP contribution is 2.51. The number of aliphatic hydroxyl groups is 1. The molecule has 1 unspecified atom stereocenters. The molecule has 1 saturated carbocycles. The summed E-state index contributed by atoms with van der Waals surface area (Å²) in [5.74, 6) is 1.24. The minimum Gasteiger partial charge on any atom is -0.389 e. The molecule has 0 aromatic heterocycles. The average Bonchev–Trinajstić information content (AvgIpc) is 3.37. The van der Waals surface area contributed by atoms with Gasteiger partial charge in [0.05, 0.1) is 19.3 Å². The summed E-state index contributed by atoms with van der Waals surface area (Å²) in [5.41, 5.74) is 0. The van der Waals surface area contributed by atoms with Crippen molar-refractivity contribution in [3.05, 3.63) is 30.3 Å². The van der Waals surface area contributed by atoms with Gasteiger partial charge in [0.25, 0.3) is 0 Å². The molecule has 0 heterocycles. The molecule has 0 spiro atoms. The molecule has 5 nitrogen and oxygen atoms in total. The van der Waals surface area contributed by atoms with Crippen molar-refractivity contribution in [1.29, 1.82) is 0 Å². The summed E-state index contributed by atoms with van der Waals surface area (Å²) in [7, 11) is 0. The van der Waals surface area contributed by atoms with E-state index < -0.39 is 6.10 Å². The quantitative estimate of drug-likeness (QED) is 0.243. The standard InChI is InChI=1S/C20H33N3O2S.HI/c1-4-21-19(22-12-17(24)14-25-13-16(2)3)23-15-20(10-11-20)26-18-8-6-5-7-9-18;/h5-9,16-17,24H,4,10-15H2,1-3H3,(H2,21,22,23);1H. The zero-order valence-electron chi connectivity index (χ0n) is 16.6. The summed E-state index contributed by atoms with van der Waals surface area (Å²) in [5, 5.41) is 16.5. The first-order valence-electron chi connectivity index (χ1n) is 9.55. The van der Waals surface area contributed by atoms with Crippen LogP contribution in [0.2, 0.25) is 0 Å². The Morgan fingerprint density at radius 2 is 1.93 bits per heavy atom. The van der Waals surface area contributed by atoms with Crippen LogP contribution in [0.1, 0.15) is 33.6 Å². The molecule has 0 saturated heterocycles. The van der Waals surface area contributed by atoms with Gasteiger partial charge in [-0.1, -0.05) is 32.0 Å². The van der Waals surface area contributed by atoms with Crippen molar-refractivity contribution in [3.8, 4) is 0 Å². The van der Waals surface area contributed by atoms with E-state index >= 15 is 0 Å². The van der Waals surface area contributed by atoms with Gasteiger partial charge in [0.2, 0.25) is 0 Å². The number of guanidine groups is 1. The van der Waals surface area contributed by atoms with Gasteiger partial charge in [0, 0.05) is 29.3 Å². The number of benzene rings is 1. The predicted molar refractivity (Wildman–Crippen MR) is 125 cm³/mol. The fourth-order valence-corrected chi connectivity index (χ4v) is 3.68. The number of halogens is 1. The van der Waals surface area contributed by atoms with Crippen molar-refractivity contribution >= 4 is 41.7 Å². The van der Waals surface area contributed by atoms with Gasteiger partial charge in [-0.15, -0.1) is 35.7 Å². The number of hydrogen-bond acceptors (Lipinski definition) is 4. The summed E-state index contributed by atoms with van der Waals surface area (Å²) in [6.07, 6.45) is 1.86. The Morgan fingerprint density at radius 1 is 1.22 bits per heavy atom. The number of thioether (sulfide) groups is 1. The van der Waals surface area contributed by atoms with Crippen LogP contribution >= 0.6 is 35.7 Å². The zero-order chi connectivity index (χ0) is 18.8. The van der Waals surface area contributed by atoms with Crippen LogP contribution in [-0.4, -0.2) is 54.8 Å². The Labute approximate surface area is 185 Å². The van der Waals surface area contributed by atoms with Crippen LogP contribution in [-0.2, 0) is 4.74 Å². The Bertz CT molecular complexity index is 553. The van der Waals surface area contributed by atoms with Gasteiger partial charge in [0.15, 0.2) is 5.96 Å². The molecule has 1 fully saturated rings. The largest absolute Gasteiger partial charge is 0.389 e. The van der Waals surface area contributed by atoms with Gasteiger partial charge in [-0.2, -0.15) is 0 Å². The molecule has 1 aliphatic rings. The number of nitrogens with one attached hydrogen (secondary N) is 2. The molecule has 0 aliphatic heterocycles. The van der Waals surface area contributed by atoms with Crippen molar-refractivity contribution in [2.45, 2.75) is 49.4 Å². The molecule has 7 heteroatoms. The van der Waals surface area contributed by atoms with Gasteiger partial charge in [-0.05, 0) is 37.8 Å². The SMILES string of the molecule is CCNC(=NCC1(Sc2ccccc2)CC1)NCC(O)COCC(C)C.I. The lowest BCUT2D eigenvalue weighted by molar-refractivity contribution is 0.0280. The molecule has 27 heavy (non-hydrogen) atoms. The van der Waals surface area contributed by atoms with E-state index in [0.29, 0.717) is 25.7 Å². The van der Waals surface area contributed by atoms with Crippen LogP contribution in [0.5, 0.6) is 0 Å². The molecule has 3 N–H and O–H groups in total. The Kier molecular flexibility index (Phi) is 11.7. The molecule has 1 aromatic carbocycles. The van der Waals surface area contributed by atoms with Gasteiger partial charge in [-0.3, -0.25) is 4.99 Å². The van der Waals surface area contributed by atoms with E-state index in [0.717, 1.165) is 19.0 Å². The Balaban J connectivity index is 0.00000364. The highest BCUT2D eigenvalue weighted by atomic mass is 127. The normalized spacial score (nSPS) is 16.6.